The Hall–Kier alpha value is -1.17. The number of nitrogens with one attached hydrogen (secondary N) is 1. The van der Waals surface area contributed by atoms with Crippen molar-refractivity contribution >= 4 is 28.8 Å². The number of hydrogen-bond acceptors (Lipinski definition) is 5. The molecule has 0 aliphatic carbocycles. The van der Waals surface area contributed by atoms with Gasteiger partial charge in [0.25, 0.3) is 0 Å². The van der Waals surface area contributed by atoms with E-state index in [1.807, 2.05) is 0 Å². The van der Waals surface area contributed by atoms with Crippen molar-refractivity contribution in [2.24, 2.45) is 0 Å². The average molecular weight is 312 g/mol. The molecule has 0 radical (unpaired) electrons. The minimum absolute atomic E-state index is 0.251. The Labute approximate surface area is 128 Å². The van der Waals surface area contributed by atoms with Crippen LogP contribution in [0.25, 0.3) is 0 Å². The first-order valence-electron chi connectivity index (χ1n) is 6.55. The summed E-state index contributed by atoms with van der Waals surface area (Å²) < 4.78 is 5.05. The standard InChI is InChI=1S/C14H18ClN3OS/c1-3-5-10(11-6-4-7-20-11)16-13-8-12(15)17-14(18-13)9-19-2/h4,6-8,10H,3,5,9H2,1-2H3,(H,16,17,18). The van der Waals surface area contributed by atoms with Crippen LogP contribution < -0.4 is 5.32 Å². The molecule has 0 saturated heterocycles. The van der Waals surface area contributed by atoms with Crippen LogP contribution in [0.2, 0.25) is 5.15 Å². The molecule has 4 nitrogen and oxygen atoms in total. The van der Waals surface area contributed by atoms with E-state index < -0.39 is 0 Å². The molecule has 0 saturated carbocycles. The molecule has 0 spiro atoms. The Kier molecular flexibility index (Phi) is 5.76. The van der Waals surface area contributed by atoms with Crippen LogP contribution in [-0.2, 0) is 11.3 Å². The summed E-state index contributed by atoms with van der Waals surface area (Å²) in [6.45, 7) is 2.53. The maximum absolute atomic E-state index is 6.03. The minimum atomic E-state index is 0.251. The zero-order chi connectivity index (χ0) is 14.4. The molecule has 2 rings (SSSR count). The van der Waals surface area contributed by atoms with Crippen LogP contribution in [0.3, 0.4) is 0 Å². The first kappa shape index (κ1) is 15.2. The zero-order valence-electron chi connectivity index (χ0n) is 11.6. The zero-order valence-corrected chi connectivity index (χ0v) is 13.2. The summed E-state index contributed by atoms with van der Waals surface area (Å²) in [5, 5.41) is 5.95. The van der Waals surface area contributed by atoms with Crippen LogP contribution in [0, 0.1) is 0 Å². The van der Waals surface area contributed by atoms with Gasteiger partial charge in [0.15, 0.2) is 5.82 Å². The van der Waals surface area contributed by atoms with Crippen LogP contribution in [-0.4, -0.2) is 17.1 Å². The van der Waals surface area contributed by atoms with E-state index in [9.17, 15) is 0 Å². The minimum Gasteiger partial charge on any atom is -0.377 e. The van der Waals surface area contributed by atoms with Crippen molar-refractivity contribution in [3.05, 3.63) is 39.4 Å². The predicted molar refractivity (Wildman–Crippen MR) is 83.3 cm³/mol. The molecule has 0 aliphatic heterocycles. The quantitative estimate of drug-likeness (QED) is 0.775. The largest absolute Gasteiger partial charge is 0.377 e. The summed E-state index contributed by atoms with van der Waals surface area (Å²) in [5.41, 5.74) is 0. The maximum atomic E-state index is 6.03. The third-order valence-corrected chi connectivity index (χ3v) is 3.98. The third-order valence-electron chi connectivity index (χ3n) is 2.80. The Balaban J connectivity index is 2.17. The molecule has 2 heterocycles. The fourth-order valence-electron chi connectivity index (χ4n) is 1.97. The number of nitrogens with zero attached hydrogens (tertiary/aromatic N) is 2. The molecule has 0 bridgehead atoms. The Morgan fingerprint density at radius 3 is 2.95 bits per heavy atom. The van der Waals surface area contributed by atoms with E-state index in [4.69, 9.17) is 16.3 Å². The topological polar surface area (TPSA) is 47.0 Å². The van der Waals surface area contributed by atoms with Crippen molar-refractivity contribution < 1.29 is 4.74 Å². The van der Waals surface area contributed by atoms with Gasteiger partial charge in [-0.2, -0.15) is 0 Å². The molecule has 1 N–H and O–H groups in total. The monoisotopic (exact) mass is 311 g/mol. The number of ether oxygens (including phenoxy) is 1. The van der Waals surface area contributed by atoms with Gasteiger partial charge in [-0.05, 0) is 17.9 Å². The summed E-state index contributed by atoms with van der Waals surface area (Å²) in [7, 11) is 1.61. The van der Waals surface area contributed by atoms with Gasteiger partial charge in [-0.15, -0.1) is 11.3 Å². The van der Waals surface area contributed by atoms with E-state index in [1.54, 1.807) is 24.5 Å². The van der Waals surface area contributed by atoms with Gasteiger partial charge in [-0.3, -0.25) is 0 Å². The van der Waals surface area contributed by atoms with Gasteiger partial charge in [0.1, 0.15) is 17.6 Å². The highest BCUT2D eigenvalue weighted by atomic mass is 35.5. The first-order chi connectivity index (χ1) is 9.72. The fourth-order valence-corrected chi connectivity index (χ4v) is 2.99. The molecular weight excluding hydrogens is 294 g/mol. The molecule has 0 aromatic carbocycles. The molecule has 20 heavy (non-hydrogen) atoms. The molecule has 0 aliphatic rings. The van der Waals surface area contributed by atoms with E-state index in [2.05, 4.69) is 39.7 Å². The highest BCUT2D eigenvalue weighted by molar-refractivity contribution is 7.10. The predicted octanol–water partition coefficient (Wildman–Crippen LogP) is 4.29. The Morgan fingerprint density at radius 1 is 1.45 bits per heavy atom. The lowest BCUT2D eigenvalue weighted by atomic mass is 10.1. The molecule has 2 aromatic rings. The molecule has 6 heteroatoms. The summed E-state index contributed by atoms with van der Waals surface area (Å²) in [4.78, 5) is 9.86. The van der Waals surface area contributed by atoms with Crippen molar-refractivity contribution in [3.8, 4) is 0 Å². The van der Waals surface area contributed by atoms with Crippen molar-refractivity contribution in [1.29, 1.82) is 0 Å². The lowest BCUT2D eigenvalue weighted by molar-refractivity contribution is 0.178. The third kappa shape index (κ3) is 4.16. The average Bonchev–Trinajstić information content (AvgIpc) is 2.91. The van der Waals surface area contributed by atoms with Crippen molar-refractivity contribution in [2.45, 2.75) is 32.4 Å². The summed E-state index contributed by atoms with van der Waals surface area (Å²) in [6, 6.07) is 6.20. The summed E-state index contributed by atoms with van der Waals surface area (Å²) in [6.07, 6.45) is 2.14. The second-order valence-electron chi connectivity index (χ2n) is 4.43. The molecule has 0 fully saturated rings. The van der Waals surface area contributed by atoms with Crippen LogP contribution in [0.1, 0.15) is 36.5 Å². The Morgan fingerprint density at radius 2 is 2.30 bits per heavy atom. The number of halogens is 1. The van der Waals surface area contributed by atoms with Gasteiger partial charge in [-0.1, -0.05) is 31.0 Å². The summed E-state index contributed by atoms with van der Waals surface area (Å²) in [5.74, 6) is 1.33. The van der Waals surface area contributed by atoms with Gasteiger partial charge in [0.05, 0.1) is 6.04 Å². The second-order valence-corrected chi connectivity index (χ2v) is 5.79. The van der Waals surface area contributed by atoms with E-state index >= 15 is 0 Å². The Bertz CT molecular complexity index is 533. The van der Waals surface area contributed by atoms with E-state index in [0.29, 0.717) is 17.6 Å². The lowest BCUT2D eigenvalue weighted by Gasteiger charge is -2.17. The van der Waals surface area contributed by atoms with E-state index in [1.165, 1.54) is 4.88 Å². The SMILES string of the molecule is CCCC(Nc1cc(Cl)nc(COC)n1)c1cccs1. The first-order valence-corrected chi connectivity index (χ1v) is 7.81. The maximum Gasteiger partial charge on any atom is 0.158 e. The molecule has 108 valence electrons. The number of methoxy groups -OCH3 is 1. The van der Waals surface area contributed by atoms with Crippen molar-refractivity contribution in [1.82, 2.24) is 9.97 Å². The number of anilines is 1. The molecule has 0 amide bonds. The molecular formula is C14H18ClN3OS. The highest BCUT2D eigenvalue weighted by Crippen LogP contribution is 2.27. The van der Waals surface area contributed by atoms with Gasteiger partial charge >= 0.3 is 0 Å². The van der Waals surface area contributed by atoms with Crippen LogP contribution in [0.15, 0.2) is 23.6 Å². The lowest BCUT2D eigenvalue weighted by Crippen LogP contribution is -2.11. The number of aromatic nitrogens is 2. The highest BCUT2D eigenvalue weighted by Gasteiger charge is 2.13. The van der Waals surface area contributed by atoms with Gasteiger partial charge < -0.3 is 10.1 Å². The normalized spacial score (nSPS) is 12.3. The van der Waals surface area contributed by atoms with E-state index in [0.717, 1.165) is 18.7 Å². The van der Waals surface area contributed by atoms with Crippen molar-refractivity contribution in [3.63, 3.8) is 0 Å². The van der Waals surface area contributed by atoms with Gasteiger partial charge in [0, 0.05) is 18.1 Å². The van der Waals surface area contributed by atoms with E-state index in [-0.39, 0.29) is 6.04 Å². The molecule has 1 atom stereocenters. The molecule has 1 unspecified atom stereocenters. The fraction of sp³-hybridized carbons (Fsp3) is 0.429. The van der Waals surface area contributed by atoms with Crippen molar-refractivity contribution in [2.75, 3.05) is 12.4 Å². The van der Waals surface area contributed by atoms with Crippen LogP contribution >= 0.6 is 22.9 Å². The number of thiophene rings is 1. The van der Waals surface area contributed by atoms with Crippen LogP contribution in [0.4, 0.5) is 5.82 Å². The smallest absolute Gasteiger partial charge is 0.158 e. The summed E-state index contributed by atoms with van der Waals surface area (Å²) >= 11 is 7.77. The second kappa shape index (κ2) is 7.57. The van der Waals surface area contributed by atoms with Crippen LogP contribution in [0.5, 0.6) is 0 Å². The van der Waals surface area contributed by atoms with Gasteiger partial charge in [-0.25, -0.2) is 9.97 Å². The van der Waals surface area contributed by atoms with Gasteiger partial charge in [0.2, 0.25) is 0 Å². The number of rotatable bonds is 7. The number of hydrogen-bond donors (Lipinski definition) is 1. The molecule has 2 aromatic heterocycles.